The summed E-state index contributed by atoms with van der Waals surface area (Å²) in [6.45, 7) is 0. The van der Waals surface area contributed by atoms with Gasteiger partial charge in [0.25, 0.3) is 0 Å². The highest BCUT2D eigenvalue weighted by Crippen LogP contribution is 2.40. The van der Waals surface area contributed by atoms with Crippen molar-refractivity contribution in [3.8, 4) is 5.75 Å². The molecule has 0 radical (unpaired) electrons. The molecule has 0 aliphatic heterocycles. The Bertz CT molecular complexity index is 382. The maximum atomic E-state index is 5.67. The molecule has 0 amide bonds. The minimum absolute atomic E-state index is 0.132. The van der Waals surface area contributed by atoms with E-state index in [4.69, 9.17) is 9.47 Å². The maximum Gasteiger partial charge on any atom is 0.119 e. The fourth-order valence-corrected chi connectivity index (χ4v) is 3.56. The topological polar surface area (TPSA) is 18.5 Å². The summed E-state index contributed by atoms with van der Waals surface area (Å²) in [7, 11) is 3.55. The summed E-state index contributed by atoms with van der Waals surface area (Å²) in [5.41, 5.74) is 1.44. The van der Waals surface area contributed by atoms with E-state index in [0.29, 0.717) is 4.83 Å². The molecule has 0 saturated heterocycles. The molecule has 0 bridgehead atoms. The minimum Gasteiger partial charge on any atom is -0.497 e. The van der Waals surface area contributed by atoms with Crippen molar-refractivity contribution in [1.82, 2.24) is 0 Å². The fourth-order valence-electron chi connectivity index (χ4n) is 2.59. The van der Waals surface area contributed by atoms with Gasteiger partial charge >= 0.3 is 0 Å². The Morgan fingerprint density at radius 3 is 2.67 bits per heavy atom. The molecular formula is C15H21BrO2. The van der Waals surface area contributed by atoms with Crippen LogP contribution in [0.3, 0.4) is 0 Å². The average Bonchev–Trinajstić information content (AvgIpc) is 2.34. The van der Waals surface area contributed by atoms with Gasteiger partial charge in [0, 0.05) is 11.9 Å². The van der Waals surface area contributed by atoms with E-state index in [-0.39, 0.29) is 5.60 Å². The van der Waals surface area contributed by atoms with Crippen LogP contribution in [0.5, 0.6) is 5.75 Å². The smallest absolute Gasteiger partial charge is 0.119 e. The fraction of sp³-hybridized carbons (Fsp3) is 0.600. The molecule has 2 nitrogen and oxygen atoms in total. The van der Waals surface area contributed by atoms with Gasteiger partial charge in [-0.3, -0.25) is 0 Å². The molecule has 0 spiro atoms. The third kappa shape index (κ3) is 3.27. The highest BCUT2D eigenvalue weighted by atomic mass is 79.9. The van der Waals surface area contributed by atoms with Crippen molar-refractivity contribution in [3.63, 3.8) is 0 Å². The lowest BCUT2D eigenvalue weighted by Gasteiger charge is -2.42. The van der Waals surface area contributed by atoms with Gasteiger partial charge < -0.3 is 9.47 Å². The van der Waals surface area contributed by atoms with Gasteiger partial charge in [0.15, 0.2) is 0 Å². The lowest BCUT2D eigenvalue weighted by molar-refractivity contribution is -0.0770. The Hall–Kier alpha value is -0.540. The molecule has 0 N–H and O–H groups in total. The summed E-state index contributed by atoms with van der Waals surface area (Å²) in [5.74, 6) is 0.928. The van der Waals surface area contributed by atoms with E-state index in [1.165, 1.54) is 24.8 Å². The van der Waals surface area contributed by atoms with Gasteiger partial charge in [0.1, 0.15) is 5.75 Å². The molecule has 18 heavy (non-hydrogen) atoms. The highest BCUT2D eigenvalue weighted by molar-refractivity contribution is 9.09. The van der Waals surface area contributed by atoms with Gasteiger partial charge in [-0.25, -0.2) is 0 Å². The van der Waals surface area contributed by atoms with Crippen molar-refractivity contribution in [2.24, 2.45) is 0 Å². The first kappa shape index (κ1) is 13.9. The van der Waals surface area contributed by atoms with E-state index < -0.39 is 0 Å². The quantitative estimate of drug-likeness (QED) is 0.740. The third-order valence-corrected chi connectivity index (χ3v) is 4.53. The molecule has 0 aromatic heterocycles. The van der Waals surface area contributed by atoms with Crippen molar-refractivity contribution < 1.29 is 9.47 Å². The number of alkyl halides is 1. The number of benzene rings is 1. The largest absolute Gasteiger partial charge is 0.497 e. The van der Waals surface area contributed by atoms with Gasteiger partial charge in [0.2, 0.25) is 0 Å². The second-order valence-electron chi connectivity index (χ2n) is 5.10. The van der Waals surface area contributed by atoms with Gasteiger partial charge in [-0.1, -0.05) is 28.1 Å². The molecular weight excluding hydrogens is 292 g/mol. The van der Waals surface area contributed by atoms with E-state index >= 15 is 0 Å². The molecule has 1 aliphatic rings. The molecule has 2 rings (SSSR count). The molecule has 100 valence electrons. The normalized spacial score (nSPS) is 19.1. The van der Waals surface area contributed by atoms with Gasteiger partial charge in [-0.15, -0.1) is 0 Å². The van der Waals surface area contributed by atoms with Crippen molar-refractivity contribution in [2.45, 2.75) is 42.5 Å². The van der Waals surface area contributed by atoms with Crippen molar-refractivity contribution in [3.05, 3.63) is 29.8 Å². The first-order valence-corrected chi connectivity index (χ1v) is 7.41. The number of methoxy groups -OCH3 is 2. The predicted octanol–water partition coefficient (Wildman–Crippen LogP) is 3.96. The van der Waals surface area contributed by atoms with Crippen LogP contribution in [-0.2, 0) is 11.2 Å². The van der Waals surface area contributed by atoms with Crippen LogP contribution in [0.2, 0.25) is 0 Å². The van der Waals surface area contributed by atoms with Gasteiger partial charge in [0.05, 0.1) is 12.7 Å². The second-order valence-corrected chi connectivity index (χ2v) is 6.39. The van der Waals surface area contributed by atoms with Crippen molar-refractivity contribution in [1.29, 1.82) is 0 Å². The number of halogens is 1. The summed E-state index contributed by atoms with van der Waals surface area (Å²) >= 11 is 3.79. The minimum atomic E-state index is 0.132. The average molecular weight is 313 g/mol. The lowest BCUT2D eigenvalue weighted by Crippen LogP contribution is -2.41. The van der Waals surface area contributed by atoms with Crippen molar-refractivity contribution in [2.75, 3.05) is 14.2 Å². The zero-order valence-electron chi connectivity index (χ0n) is 11.1. The van der Waals surface area contributed by atoms with Gasteiger partial charge in [-0.2, -0.15) is 0 Å². The molecule has 1 aliphatic carbocycles. The number of hydrogen-bond donors (Lipinski definition) is 0. The maximum absolute atomic E-state index is 5.67. The molecule has 1 aromatic rings. The monoisotopic (exact) mass is 312 g/mol. The standard InChI is InChI=1S/C15H21BrO2/c1-17-14-6-3-5-12(10-14)9-13(16)11-15(18-2)7-4-8-15/h3,5-6,10,13H,4,7-9,11H2,1-2H3. The molecule has 0 heterocycles. The Morgan fingerprint density at radius 2 is 2.11 bits per heavy atom. The second kappa shape index (κ2) is 6.07. The number of hydrogen-bond acceptors (Lipinski definition) is 2. The van der Waals surface area contributed by atoms with E-state index in [2.05, 4.69) is 28.1 Å². The summed E-state index contributed by atoms with van der Waals surface area (Å²) in [6.07, 6.45) is 5.79. The van der Waals surface area contributed by atoms with E-state index in [1.54, 1.807) is 7.11 Å². The van der Waals surface area contributed by atoms with Crippen LogP contribution in [-0.4, -0.2) is 24.6 Å². The third-order valence-electron chi connectivity index (χ3n) is 3.88. The predicted molar refractivity (Wildman–Crippen MR) is 77.6 cm³/mol. The first-order valence-electron chi connectivity index (χ1n) is 6.50. The summed E-state index contributed by atoms with van der Waals surface area (Å²) in [4.78, 5) is 0.463. The molecule has 1 unspecified atom stereocenters. The summed E-state index contributed by atoms with van der Waals surface area (Å²) < 4.78 is 10.9. The Balaban J connectivity index is 1.92. The zero-order valence-corrected chi connectivity index (χ0v) is 12.7. The molecule has 1 atom stereocenters. The first-order chi connectivity index (χ1) is 8.67. The van der Waals surface area contributed by atoms with Crippen LogP contribution >= 0.6 is 15.9 Å². The van der Waals surface area contributed by atoms with E-state index in [1.807, 2.05) is 19.2 Å². The number of ether oxygens (including phenoxy) is 2. The van der Waals surface area contributed by atoms with E-state index in [0.717, 1.165) is 18.6 Å². The van der Waals surface area contributed by atoms with Gasteiger partial charge in [-0.05, 0) is 49.8 Å². The SMILES string of the molecule is COc1cccc(CC(Br)CC2(OC)CCC2)c1. The van der Waals surface area contributed by atoms with Crippen LogP contribution < -0.4 is 4.74 Å². The molecule has 1 saturated carbocycles. The van der Waals surface area contributed by atoms with Crippen LogP contribution in [0.15, 0.2) is 24.3 Å². The molecule has 1 fully saturated rings. The van der Waals surface area contributed by atoms with Crippen LogP contribution in [0.1, 0.15) is 31.2 Å². The highest BCUT2D eigenvalue weighted by Gasteiger charge is 2.38. The molecule has 3 heteroatoms. The Morgan fingerprint density at radius 1 is 1.33 bits per heavy atom. The van der Waals surface area contributed by atoms with Crippen LogP contribution in [0.4, 0.5) is 0 Å². The Labute approximate surface area is 118 Å². The van der Waals surface area contributed by atoms with E-state index in [9.17, 15) is 0 Å². The zero-order chi connectivity index (χ0) is 13.0. The van der Waals surface area contributed by atoms with Crippen LogP contribution in [0, 0.1) is 0 Å². The summed E-state index contributed by atoms with van der Waals surface area (Å²) in [5, 5.41) is 0. The summed E-state index contributed by atoms with van der Waals surface area (Å²) in [6, 6.07) is 8.28. The van der Waals surface area contributed by atoms with Crippen molar-refractivity contribution >= 4 is 15.9 Å². The Kier molecular flexibility index (Phi) is 4.68. The number of rotatable bonds is 6. The van der Waals surface area contributed by atoms with Crippen LogP contribution in [0.25, 0.3) is 0 Å². The lowest BCUT2D eigenvalue weighted by atomic mass is 9.76. The molecule has 1 aromatic carbocycles.